The molecule has 12 nitrogen and oxygen atoms in total. The van der Waals surface area contributed by atoms with Crippen LogP contribution in [0.1, 0.15) is 27.7 Å². The predicted molar refractivity (Wildman–Crippen MR) is 82.0 cm³/mol. The van der Waals surface area contributed by atoms with Gasteiger partial charge in [-0.15, -0.1) is 0 Å². The van der Waals surface area contributed by atoms with Crippen molar-refractivity contribution in [2.45, 2.75) is 27.7 Å². The van der Waals surface area contributed by atoms with E-state index in [-0.39, 0.29) is 109 Å². The van der Waals surface area contributed by atoms with Crippen molar-refractivity contribution in [2.24, 2.45) is 0 Å². The molecule has 0 fully saturated rings. The largest absolute Gasteiger partial charge is 4.00 e. The number of carbonyl (C=O) groups is 4. The van der Waals surface area contributed by atoms with Crippen molar-refractivity contribution in [3.05, 3.63) is 48.6 Å². The second-order valence-electron chi connectivity index (χ2n) is 4.27. The van der Waals surface area contributed by atoms with Gasteiger partial charge in [-0.1, -0.05) is 26.3 Å². The molecule has 0 unspecified atom stereocenters. The summed E-state index contributed by atoms with van der Waals surface area (Å²) in [5.41, 5.74) is 0.259. The van der Waals surface area contributed by atoms with E-state index in [1.165, 1.54) is 27.7 Å². The van der Waals surface area contributed by atoms with E-state index in [4.69, 9.17) is 0 Å². The van der Waals surface area contributed by atoms with Crippen LogP contribution in [-0.2, 0) is 106 Å². The first-order valence-corrected chi connectivity index (χ1v) is 6.05. The Balaban J connectivity index is -0.0000000178. The smallest absolute Gasteiger partial charge is 2.00 e. The molecule has 0 saturated carbocycles. The molecule has 0 atom stereocenters. The summed E-state index contributed by atoms with van der Waals surface area (Å²) in [6.45, 7) is 17.9. The van der Waals surface area contributed by atoms with Gasteiger partial charge in [0.05, 0.1) is 23.9 Å². The summed E-state index contributed by atoms with van der Waals surface area (Å²) in [5, 5.41) is 38.0. The first kappa shape index (κ1) is 69.9. The summed E-state index contributed by atoms with van der Waals surface area (Å²) in [4.78, 5) is 38.0. The van der Waals surface area contributed by atoms with Gasteiger partial charge in [0.25, 0.3) is 0 Å². The molecule has 168 valence electrons. The molecule has 31 heavy (non-hydrogen) atoms. The zero-order valence-corrected chi connectivity index (χ0v) is 21.9. The van der Waals surface area contributed by atoms with Crippen molar-refractivity contribution in [2.75, 3.05) is 0 Å². The summed E-state index contributed by atoms with van der Waals surface area (Å²) in [6, 6.07) is 0. The van der Waals surface area contributed by atoms with E-state index in [2.05, 4.69) is 26.3 Å². The maximum Gasteiger partial charge on any atom is 4.00 e. The van der Waals surface area contributed by atoms with E-state index in [1.54, 1.807) is 0 Å². The number of hydrogen-bond acceptors (Lipinski definition) is 8. The van der Waals surface area contributed by atoms with Gasteiger partial charge in [-0.05, 0) is 50.0 Å². The number of rotatable bonds is 4. The molecule has 0 N–H and O–H groups in total. The van der Waals surface area contributed by atoms with Crippen LogP contribution in [0.15, 0.2) is 48.6 Å². The normalized spacial score (nSPS) is 5.81. The van der Waals surface area contributed by atoms with Gasteiger partial charge in [-0.2, -0.15) is 0 Å². The van der Waals surface area contributed by atoms with Gasteiger partial charge in [-0.3, -0.25) is 0 Å². The molecule has 0 aromatic carbocycles. The molecule has 0 spiro atoms. The topological polar surface area (TPSA) is 275 Å². The number of carboxylic acid groups (broad SMARTS) is 4. The molecule has 0 heterocycles. The number of aliphatic carboxylic acids is 4. The monoisotopic (exact) mass is 548 g/mol. The molecule has 0 aliphatic rings. The Morgan fingerprint density at radius 2 is 0.452 bits per heavy atom. The molecule has 0 saturated heterocycles. The number of carboxylic acids is 4. The van der Waals surface area contributed by atoms with Crippen LogP contribution in [0.25, 0.3) is 0 Å². The van der Waals surface area contributed by atoms with Gasteiger partial charge in [-0.25, -0.2) is 0 Å². The average Bonchev–Trinajstić information content (AvgIpc) is 2.40. The van der Waals surface area contributed by atoms with E-state index in [9.17, 15) is 39.6 Å². The summed E-state index contributed by atoms with van der Waals surface area (Å²) in [7, 11) is 0. The molecular formula is C16H20O12Ti3. The SMILES string of the molecule is C=C(C)C(=O)[O-].C=C(C)C(=O)[O-].C=C(C)C(=O)[O-].C=C(C)C(=O)[O-].[O-2].[O-2].[O-2].[O-2].[Ti+4].[Ti+4].[Ti+4]. The molecule has 0 aliphatic heterocycles. The van der Waals surface area contributed by atoms with Gasteiger partial charge in [0.15, 0.2) is 0 Å². The Morgan fingerprint density at radius 1 is 0.419 bits per heavy atom. The molecule has 0 amide bonds. The zero-order chi connectivity index (χ0) is 20.6. The minimum absolute atomic E-state index is 0. The fourth-order valence-electron chi connectivity index (χ4n) is 0. The third-order valence-corrected chi connectivity index (χ3v) is 1.39. The Hall–Kier alpha value is -1.18. The molecule has 0 aromatic heterocycles. The van der Waals surface area contributed by atoms with Crippen LogP contribution in [-0.4, -0.2) is 23.9 Å². The Labute approximate surface area is 225 Å². The molecule has 0 aliphatic carbocycles. The van der Waals surface area contributed by atoms with Crippen LogP contribution in [0.4, 0.5) is 0 Å². The third kappa shape index (κ3) is 94.4. The molecule has 0 aromatic rings. The second kappa shape index (κ2) is 42.8. The third-order valence-electron chi connectivity index (χ3n) is 1.39. The van der Waals surface area contributed by atoms with Gasteiger partial charge in [0, 0.05) is 0 Å². The van der Waals surface area contributed by atoms with Gasteiger partial charge in [0.2, 0.25) is 0 Å². The number of hydrogen-bond donors (Lipinski definition) is 0. The van der Waals surface area contributed by atoms with E-state index in [0.29, 0.717) is 0 Å². The predicted octanol–water partition coefficient (Wildman–Crippen LogP) is -3.23. The first-order chi connectivity index (χ1) is 10.6. The van der Waals surface area contributed by atoms with Crippen LogP contribution in [0.5, 0.6) is 0 Å². The fraction of sp³-hybridized carbons (Fsp3) is 0.250. The minimum Gasteiger partial charge on any atom is -2.00 e. The zero-order valence-electron chi connectivity index (χ0n) is 17.2. The Morgan fingerprint density at radius 3 is 0.452 bits per heavy atom. The summed E-state index contributed by atoms with van der Waals surface area (Å²) in [6.07, 6.45) is 0. The van der Waals surface area contributed by atoms with E-state index in [0.717, 1.165) is 0 Å². The summed E-state index contributed by atoms with van der Waals surface area (Å²) >= 11 is 0. The van der Waals surface area contributed by atoms with Gasteiger partial charge in [0.1, 0.15) is 0 Å². The molecule has 15 heteroatoms. The Kier molecular flexibility index (Phi) is 96.6. The standard InChI is InChI=1S/4C4H6O2.4O.3Ti/c4*1-3(2)4(5)6;;;;;;;/h4*1H2,2H3,(H,5,6);;;;;;;/q;;;;4*-2;3*+4/p-4. The van der Waals surface area contributed by atoms with E-state index < -0.39 is 23.9 Å². The van der Waals surface area contributed by atoms with Gasteiger partial charge < -0.3 is 61.5 Å². The van der Waals surface area contributed by atoms with Crippen LogP contribution in [0.3, 0.4) is 0 Å². The fourth-order valence-corrected chi connectivity index (χ4v) is 0. The van der Waals surface area contributed by atoms with Crippen molar-refractivity contribution in [1.82, 2.24) is 0 Å². The van der Waals surface area contributed by atoms with Crippen molar-refractivity contribution in [3.63, 3.8) is 0 Å². The van der Waals surface area contributed by atoms with Crippen LogP contribution in [0, 0.1) is 0 Å². The van der Waals surface area contributed by atoms with Crippen molar-refractivity contribution in [3.8, 4) is 0 Å². The Bertz CT molecular complexity index is 402. The molecule has 0 rings (SSSR count). The second-order valence-corrected chi connectivity index (χ2v) is 4.27. The van der Waals surface area contributed by atoms with Crippen LogP contribution < -0.4 is 20.4 Å². The van der Waals surface area contributed by atoms with E-state index >= 15 is 0 Å². The quantitative estimate of drug-likeness (QED) is 0.254. The minimum atomic E-state index is -1.19. The van der Waals surface area contributed by atoms with Crippen molar-refractivity contribution < 1.29 is 127 Å². The molecule has 0 bridgehead atoms. The average molecular weight is 548 g/mol. The molecule has 0 radical (unpaired) electrons. The van der Waals surface area contributed by atoms with Crippen LogP contribution >= 0.6 is 0 Å². The van der Waals surface area contributed by atoms with E-state index in [1.807, 2.05) is 0 Å². The maximum absolute atomic E-state index is 9.49. The number of carbonyl (C=O) groups excluding carboxylic acids is 4. The maximum atomic E-state index is 9.49. The first-order valence-electron chi connectivity index (χ1n) is 6.05. The van der Waals surface area contributed by atoms with Crippen molar-refractivity contribution >= 4 is 23.9 Å². The summed E-state index contributed by atoms with van der Waals surface area (Å²) in [5.74, 6) is -4.74. The van der Waals surface area contributed by atoms with Crippen LogP contribution in [0.2, 0.25) is 0 Å². The molecular weight excluding hydrogens is 528 g/mol. The van der Waals surface area contributed by atoms with Gasteiger partial charge >= 0.3 is 65.2 Å². The van der Waals surface area contributed by atoms with Crippen molar-refractivity contribution in [1.29, 1.82) is 0 Å². The summed E-state index contributed by atoms with van der Waals surface area (Å²) < 4.78 is 0.